The van der Waals surface area contributed by atoms with Gasteiger partial charge in [0.15, 0.2) is 0 Å². The lowest BCUT2D eigenvalue weighted by Gasteiger charge is -2.55. The zero-order valence-corrected chi connectivity index (χ0v) is 17.9. The summed E-state index contributed by atoms with van der Waals surface area (Å²) in [5.41, 5.74) is 2.22. The van der Waals surface area contributed by atoms with Gasteiger partial charge in [0.2, 0.25) is 5.91 Å². The van der Waals surface area contributed by atoms with E-state index in [9.17, 15) is 9.18 Å². The van der Waals surface area contributed by atoms with Crippen LogP contribution in [0.15, 0.2) is 30.3 Å². The summed E-state index contributed by atoms with van der Waals surface area (Å²) in [6.07, 6.45) is 10.1. The van der Waals surface area contributed by atoms with Crippen molar-refractivity contribution >= 4 is 5.91 Å². The van der Waals surface area contributed by atoms with Crippen molar-refractivity contribution in [1.29, 1.82) is 0 Å². The van der Waals surface area contributed by atoms with Crippen LogP contribution in [0.1, 0.15) is 76.7 Å². The summed E-state index contributed by atoms with van der Waals surface area (Å²) in [5, 5.41) is 6.02. The van der Waals surface area contributed by atoms with Crippen LogP contribution in [-0.4, -0.2) is 31.2 Å². The highest BCUT2D eigenvalue weighted by Crippen LogP contribution is 2.60. The normalized spacial score (nSPS) is 37.1. The zero-order chi connectivity index (χ0) is 20.3. The van der Waals surface area contributed by atoms with Crippen molar-refractivity contribution in [3.8, 4) is 0 Å². The molecule has 2 saturated carbocycles. The molecule has 2 bridgehead atoms. The molecule has 3 unspecified atom stereocenters. The Labute approximate surface area is 175 Å². The van der Waals surface area contributed by atoms with Gasteiger partial charge in [0, 0.05) is 13.0 Å². The number of amides is 1. The molecule has 1 saturated heterocycles. The first-order valence-electron chi connectivity index (χ1n) is 11.7. The van der Waals surface area contributed by atoms with Gasteiger partial charge in [0.1, 0.15) is 6.17 Å². The maximum absolute atomic E-state index is 14.0. The summed E-state index contributed by atoms with van der Waals surface area (Å²) in [4.78, 5) is 12.5. The Kier molecular flexibility index (Phi) is 6.29. The van der Waals surface area contributed by atoms with Gasteiger partial charge in [-0.05, 0) is 73.8 Å². The van der Waals surface area contributed by atoms with E-state index in [1.807, 2.05) is 0 Å². The molecule has 2 N–H and O–H groups in total. The lowest BCUT2D eigenvalue weighted by Crippen LogP contribution is -2.51. The maximum Gasteiger partial charge on any atom is 0.220 e. The lowest BCUT2D eigenvalue weighted by molar-refractivity contribution is -0.123. The molecular weight excluding hydrogens is 363 g/mol. The van der Waals surface area contributed by atoms with Gasteiger partial charge in [-0.1, -0.05) is 50.1 Å². The Morgan fingerprint density at radius 1 is 1.24 bits per heavy atom. The van der Waals surface area contributed by atoms with Crippen molar-refractivity contribution in [2.75, 3.05) is 13.1 Å². The molecule has 1 aromatic rings. The van der Waals surface area contributed by atoms with Crippen molar-refractivity contribution in [2.24, 2.45) is 11.3 Å². The highest BCUT2D eigenvalue weighted by Gasteiger charge is 2.50. The standard InChI is InChI=1S/C25H37FN2O/c1-2-24-12-6-13-25(18-24,20-7-4-3-5-8-20)16-19(15-24)9-10-23(29)28-22-11-14-27-17-21(22)26/h3-5,7-8,19,21-22,27H,2,6,9-18H2,1H3,(H,28,29)/t19?,21-,22+,24?,25?/m0/s1. The van der Waals surface area contributed by atoms with Gasteiger partial charge in [-0.3, -0.25) is 4.79 Å². The Morgan fingerprint density at radius 3 is 2.83 bits per heavy atom. The molecule has 0 aromatic heterocycles. The fraction of sp³-hybridized carbons (Fsp3) is 0.720. The van der Waals surface area contributed by atoms with Crippen molar-refractivity contribution in [1.82, 2.24) is 10.6 Å². The number of halogens is 1. The Hall–Kier alpha value is -1.42. The first kappa shape index (κ1) is 20.8. The lowest BCUT2D eigenvalue weighted by atomic mass is 9.49. The first-order chi connectivity index (χ1) is 14.0. The number of nitrogens with one attached hydrogen (secondary N) is 2. The minimum absolute atomic E-state index is 0.0367. The molecule has 2 aliphatic carbocycles. The molecule has 29 heavy (non-hydrogen) atoms. The Balaban J connectivity index is 1.42. The topological polar surface area (TPSA) is 41.1 Å². The SMILES string of the molecule is CCC12CCCC(c3ccccc3)(CC(CCC(=O)N[C@@H]3CCNC[C@@H]3F)C1)C2. The molecule has 5 atom stereocenters. The minimum atomic E-state index is -0.966. The number of carbonyl (C=O) groups is 1. The fourth-order valence-corrected chi connectivity index (χ4v) is 6.69. The molecule has 0 spiro atoms. The molecule has 3 fully saturated rings. The van der Waals surface area contributed by atoms with Gasteiger partial charge in [-0.15, -0.1) is 0 Å². The predicted molar refractivity (Wildman–Crippen MR) is 116 cm³/mol. The van der Waals surface area contributed by atoms with Gasteiger partial charge < -0.3 is 10.6 Å². The van der Waals surface area contributed by atoms with Crippen LogP contribution in [0.2, 0.25) is 0 Å². The van der Waals surface area contributed by atoms with Gasteiger partial charge in [0.25, 0.3) is 0 Å². The largest absolute Gasteiger partial charge is 0.350 e. The Bertz CT molecular complexity index is 695. The number of alkyl halides is 1. The summed E-state index contributed by atoms with van der Waals surface area (Å²) in [5.74, 6) is 0.624. The summed E-state index contributed by atoms with van der Waals surface area (Å²) >= 11 is 0. The quantitative estimate of drug-likeness (QED) is 0.713. The summed E-state index contributed by atoms with van der Waals surface area (Å²) in [7, 11) is 0. The van der Waals surface area contributed by atoms with E-state index < -0.39 is 6.17 Å². The Morgan fingerprint density at radius 2 is 2.07 bits per heavy atom. The van der Waals surface area contributed by atoms with Crippen LogP contribution in [0.3, 0.4) is 0 Å². The number of carbonyl (C=O) groups excluding carboxylic acids is 1. The molecule has 4 rings (SSSR count). The third-order valence-corrected chi connectivity index (χ3v) is 8.15. The monoisotopic (exact) mass is 400 g/mol. The highest BCUT2D eigenvalue weighted by atomic mass is 19.1. The molecule has 3 aliphatic rings. The predicted octanol–water partition coefficient (Wildman–Crippen LogP) is 4.90. The van der Waals surface area contributed by atoms with E-state index in [1.165, 1.54) is 50.5 Å². The van der Waals surface area contributed by atoms with Gasteiger partial charge in [-0.2, -0.15) is 0 Å². The van der Waals surface area contributed by atoms with Crippen LogP contribution in [0.5, 0.6) is 0 Å². The van der Waals surface area contributed by atoms with Gasteiger partial charge in [0.05, 0.1) is 6.04 Å². The third kappa shape index (κ3) is 4.52. The van der Waals surface area contributed by atoms with Crippen LogP contribution >= 0.6 is 0 Å². The number of hydrogen-bond donors (Lipinski definition) is 2. The van der Waals surface area contributed by atoms with Crippen LogP contribution in [0.25, 0.3) is 0 Å². The molecule has 1 aliphatic heterocycles. The number of fused-ring (bicyclic) bond motifs is 2. The van der Waals surface area contributed by atoms with E-state index in [2.05, 4.69) is 47.9 Å². The minimum Gasteiger partial charge on any atom is -0.350 e. The van der Waals surface area contributed by atoms with Gasteiger partial charge in [-0.25, -0.2) is 4.39 Å². The van der Waals surface area contributed by atoms with Gasteiger partial charge >= 0.3 is 0 Å². The molecule has 3 nitrogen and oxygen atoms in total. The van der Waals surface area contributed by atoms with E-state index in [-0.39, 0.29) is 17.4 Å². The highest BCUT2D eigenvalue weighted by molar-refractivity contribution is 5.76. The first-order valence-corrected chi connectivity index (χ1v) is 11.7. The second kappa shape index (κ2) is 8.75. The van der Waals surface area contributed by atoms with Crippen molar-refractivity contribution in [2.45, 2.75) is 88.8 Å². The van der Waals surface area contributed by atoms with Crippen molar-refractivity contribution < 1.29 is 9.18 Å². The van der Waals surface area contributed by atoms with E-state index in [1.54, 1.807) is 0 Å². The fourth-order valence-electron chi connectivity index (χ4n) is 6.69. The van der Waals surface area contributed by atoms with E-state index in [0.717, 1.165) is 13.0 Å². The molecule has 160 valence electrons. The second-order valence-corrected chi connectivity index (χ2v) is 10.0. The number of hydrogen-bond acceptors (Lipinski definition) is 2. The number of benzene rings is 1. The van der Waals surface area contributed by atoms with Crippen LogP contribution in [0, 0.1) is 11.3 Å². The third-order valence-electron chi connectivity index (χ3n) is 8.15. The number of piperidine rings is 1. The molecule has 4 heteroatoms. The number of rotatable bonds is 6. The molecule has 1 amide bonds. The molecule has 1 heterocycles. The van der Waals surface area contributed by atoms with Crippen LogP contribution < -0.4 is 10.6 Å². The summed E-state index contributed by atoms with van der Waals surface area (Å²) in [6.45, 7) is 3.49. The summed E-state index contributed by atoms with van der Waals surface area (Å²) < 4.78 is 14.0. The zero-order valence-electron chi connectivity index (χ0n) is 17.9. The smallest absolute Gasteiger partial charge is 0.220 e. The van der Waals surface area contributed by atoms with Crippen LogP contribution in [0.4, 0.5) is 4.39 Å². The van der Waals surface area contributed by atoms with Crippen LogP contribution in [-0.2, 0) is 10.2 Å². The summed E-state index contributed by atoms with van der Waals surface area (Å²) in [6, 6.07) is 10.8. The van der Waals surface area contributed by atoms with E-state index in [0.29, 0.717) is 30.7 Å². The molecule has 1 aromatic carbocycles. The molecular formula is C25H37FN2O. The van der Waals surface area contributed by atoms with Crippen molar-refractivity contribution in [3.63, 3.8) is 0 Å². The van der Waals surface area contributed by atoms with E-state index >= 15 is 0 Å². The maximum atomic E-state index is 14.0. The average Bonchev–Trinajstić information content (AvgIpc) is 2.74. The average molecular weight is 401 g/mol. The van der Waals surface area contributed by atoms with E-state index in [4.69, 9.17) is 0 Å². The molecule has 0 radical (unpaired) electrons. The van der Waals surface area contributed by atoms with Crippen molar-refractivity contribution in [3.05, 3.63) is 35.9 Å². The second-order valence-electron chi connectivity index (χ2n) is 10.0.